The molecular weight excluding hydrogens is 448 g/mol. The third kappa shape index (κ3) is 4.94. The molecule has 2 aliphatic rings. The molecule has 1 amide bonds. The lowest BCUT2D eigenvalue weighted by Gasteiger charge is -2.35. The molecule has 1 N–H and O–H groups in total. The Hall–Kier alpha value is -2.76. The summed E-state index contributed by atoms with van der Waals surface area (Å²) in [5.74, 6) is -0.189. The van der Waals surface area contributed by atoms with Gasteiger partial charge in [-0.3, -0.25) is 9.78 Å². The normalized spacial score (nSPS) is 20.5. The van der Waals surface area contributed by atoms with E-state index >= 15 is 0 Å². The second-order valence-corrected chi connectivity index (χ2v) is 8.89. The van der Waals surface area contributed by atoms with Crippen LogP contribution in [0.1, 0.15) is 60.9 Å². The predicted molar refractivity (Wildman–Crippen MR) is 105 cm³/mol. The zero-order chi connectivity index (χ0) is 24.0. The number of aromatic nitrogens is 3. The van der Waals surface area contributed by atoms with Gasteiger partial charge in [0.2, 0.25) is 11.8 Å². The van der Waals surface area contributed by atoms with Crippen molar-refractivity contribution in [2.24, 2.45) is 5.92 Å². The molecule has 180 valence electrons. The highest BCUT2D eigenvalue weighted by molar-refractivity contribution is 5.93. The van der Waals surface area contributed by atoms with Gasteiger partial charge in [-0.15, -0.1) is 10.2 Å². The van der Waals surface area contributed by atoms with Crippen LogP contribution in [0.2, 0.25) is 0 Å². The van der Waals surface area contributed by atoms with Gasteiger partial charge < -0.3 is 19.2 Å². The Morgan fingerprint density at radius 3 is 2.55 bits per heavy atom. The molecule has 4 rings (SSSR count). The maximum atomic E-state index is 15.0. The number of rotatable bonds is 8. The summed E-state index contributed by atoms with van der Waals surface area (Å²) in [6, 6.07) is 1.02. The first kappa shape index (κ1) is 23.4. The van der Waals surface area contributed by atoms with Gasteiger partial charge in [-0.05, 0) is 26.2 Å². The smallest absolute Gasteiger partial charge is 0.425 e. The zero-order valence-electron chi connectivity index (χ0n) is 18.3. The van der Waals surface area contributed by atoms with Crippen molar-refractivity contribution in [1.82, 2.24) is 20.5 Å². The molecule has 2 aromatic heterocycles. The van der Waals surface area contributed by atoms with Gasteiger partial charge in [0.25, 0.3) is 5.91 Å². The molecule has 33 heavy (non-hydrogen) atoms. The number of amides is 1. The van der Waals surface area contributed by atoms with Crippen molar-refractivity contribution in [1.29, 1.82) is 0 Å². The van der Waals surface area contributed by atoms with E-state index in [0.29, 0.717) is 18.2 Å². The van der Waals surface area contributed by atoms with Gasteiger partial charge >= 0.3 is 6.18 Å². The third-order valence-electron chi connectivity index (χ3n) is 5.79. The molecule has 1 saturated carbocycles. The number of ether oxygens (including phenoxy) is 2. The summed E-state index contributed by atoms with van der Waals surface area (Å²) in [5, 5.41) is 10.7. The van der Waals surface area contributed by atoms with E-state index < -0.39 is 35.1 Å². The number of pyridine rings is 1. The quantitative estimate of drug-likeness (QED) is 0.585. The van der Waals surface area contributed by atoms with Crippen LogP contribution < -0.4 is 10.1 Å². The molecule has 3 heterocycles. The van der Waals surface area contributed by atoms with E-state index in [2.05, 4.69) is 20.5 Å². The van der Waals surface area contributed by atoms with Gasteiger partial charge in [0.05, 0.1) is 18.8 Å². The van der Waals surface area contributed by atoms with Gasteiger partial charge in [0.1, 0.15) is 17.0 Å². The fraction of sp³-hybridized carbons (Fsp3) is 0.619. The first-order valence-corrected chi connectivity index (χ1v) is 10.5. The minimum atomic E-state index is -4.68. The Balaban J connectivity index is 1.63. The molecule has 0 bridgehead atoms. The highest BCUT2D eigenvalue weighted by Crippen LogP contribution is 2.42. The van der Waals surface area contributed by atoms with Crippen molar-refractivity contribution in [2.75, 3.05) is 13.2 Å². The summed E-state index contributed by atoms with van der Waals surface area (Å²) < 4.78 is 69.7. The fourth-order valence-corrected chi connectivity index (χ4v) is 3.61. The molecule has 1 aliphatic carbocycles. The number of halogens is 4. The summed E-state index contributed by atoms with van der Waals surface area (Å²) in [5.41, 5.74) is -3.48. The Morgan fingerprint density at radius 1 is 1.33 bits per heavy atom. The minimum Gasteiger partial charge on any atom is -0.481 e. The highest BCUT2D eigenvalue weighted by atomic mass is 19.4. The average Bonchev–Trinajstić information content (AvgIpc) is 3.40. The van der Waals surface area contributed by atoms with Crippen LogP contribution in [-0.2, 0) is 15.9 Å². The number of aryl methyl sites for hydroxylation is 1. The van der Waals surface area contributed by atoms with E-state index in [0.717, 1.165) is 32.0 Å². The topological polar surface area (TPSA) is 99.4 Å². The Kier molecular flexibility index (Phi) is 5.83. The summed E-state index contributed by atoms with van der Waals surface area (Å²) in [6.07, 6.45) is -3.34. The van der Waals surface area contributed by atoms with E-state index in [1.807, 2.05) is 0 Å². The third-order valence-corrected chi connectivity index (χ3v) is 5.79. The van der Waals surface area contributed by atoms with Crippen LogP contribution in [0.25, 0.3) is 0 Å². The second-order valence-electron chi connectivity index (χ2n) is 8.89. The lowest BCUT2D eigenvalue weighted by Crippen LogP contribution is -2.45. The summed E-state index contributed by atoms with van der Waals surface area (Å²) in [7, 11) is 0. The molecule has 12 heteroatoms. The highest BCUT2D eigenvalue weighted by Gasteiger charge is 2.46. The largest absolute Gasteiger partial charge is 0.481 e. The molecule has 2 fully saturated rings. The first-order chi connectivity index (χ1) is 15.4. The average molecular weight is 472 g/mol. The SMILES string of the molecule is Cc1nnc(C(C)(CC2CC2)NC(=O)c2cc(OC(C)C(F)(F)F)c(C3(F)COC3)cn2)o1. The molecule has 0 spiro atoms. The van der Waals surface area contributed by atoms with Crippen LogP contribution in [0.5, 0.6) is 5.75 Å². The number of nitrogens with one attached hydrogen (secondary N) is 1. The summed E-state index contributed by atoms with van der Waals surface area (Å²) in [4.78, 5) is 17.1. The first-order valence-electron chi connectivity index (χ1n) is 10.5. The van der Waals surface area contributed by atoms with Crippen LogP contribution in [-0.4, -0.2) is 46.6 Å². The Bertz CT molecular complexity index is 1040. The van der Waals surface area contributed by atoms with E-state index in [1.165, 1.54) is 0 Å². The van der Waals surface area contributed by atoms with Gasteiger partial charge in [0.15, 0.2) is 11.8 Å². The van der Waals surface area contributed by atoms with E-state index in [-0.39, 0.29) is 30.4 Å². The van der Waals surface area contributed by atoms with Crippen molar-refractivity contribution in [3.8, 4) is 5.75 Å². The fourth-order valence-electron chi connectivity index (χ4n) is 3.61. The van der Waals surface area contributed by atoms with Crippen molar-refractivity contribution in [3.63, 3.8) is 0 Å². The minimum absolute atomic E-state index is 0.199. The van der Waals surface area contributed by atoms with E-state index in [9.17, 15) is 22.4 Å². The predicted octanol–water partition coefficient (Wildman–Crippen LogP) is 3.74. The molecule has 1 aliphatic heterocycles. The molecule has 0 aromatic carbocycles. The number of hydrogen-bond donors (Lipinski definition) is 1. The van der Waals surface area contributed by atoms with Crippen molar-refractivity contribution in [2.45, 2.75) is 63.5 Å². The second kappa shape index (κ2) is 8.23. The standard InChI is InChI=1S/C21H24F4N4O4/c1-11(21(23,24)25)32-16-6-15(26-8-14(16)20(22)9-31-10-20)17(30)27-19(3,7-13-4-5-13)18-29-28-12(2)33-18/h6,8,11,13H,4-5,7,9-10H2,1-3H3,(H,27,30). The van der Waals surface area contributed by atoms with Crippen molar-refractivity contribution < 1.29 is 36.2 Å². The number of carbonyl (C=O) groups excluding carboxylic acids is 1. The van der Waals surface area contributed by atoms with Crippen LogP contribution >= 0.6 is 0 Å². The molecule has 2 aromatic rings. The van der Waals surface area contributed by atoms with Gasteiger partial charge in [-0.2, -0.15) is 13.2 Å². The molecule has 2 atom stereocenters. The molecule has 0 radical (unpaired) electrons. The maximum absolute atomic E-state index is 15.0. The Labute approximate surface area is 187 Å². The Morgan fingerprint density at radius 2 is 2.03 bits per heavy atom. The van der Waals surface area contributed by atoms with Gasteiger partial charge in [-0.25, -0.2) is 4.39 Å². The zero-order valence-corrected chi connectivity index (χ0v) is 18.3. The molecule has 8 nitrogen and oxygen atoms in total. The number of carbonyl (C=O) groups is 1. The monoisotopic (exact) mass is 472 g/mol. The molecule has 2 unspecified atom stereocenters. The van der Waals surface area contributed by atoms with Crippen molar-refractivity contribution in [3.05, 3.63) is 35.3 Å². The van der Waals surface area contributed by atoms with Crippen LogP contribution in [0, 0.1) is 12.8 Å². The van der Waals surface area contributed by atoms with Crippen LogP contribution in [0.3, 0.4) is 0 Å². The molecule has 1 saturated heterocycles. The summed E-state index contributed by atoms with van der Waals surface area (Å²) >= 11 is 0. The number of alkyl halides is 4. The molecular formula is C21H24F4N4O4. The number of nitrogens with zero attached hydrogens (tertiary/aromatic N) is 3. The summed E-state index contributed by atoms with van der Waals surface area (Å²) in [6.45, 7) is 3.48. The van der Waals surface area contributed by atoms with Crippen molar-refractivity contribution >= 4 is 5.91 Å². The van der Waals surface area contributed by atoms with E-state index in [4.69, 9.17) is 13.9 Å². The number of hydrogen-bond acceptors (Lipinski definition) is 7. The van der Waals surface area contributed by atoms with Gasteiger partial charge in [-0.1, -0.05) is 12.8 Å². The van der Waals surface area contributed by atoms with Crippen LogP contribution in [0.15, 0.2) is 16.7 Å². The van der Waals surface area contributed by atoms with Crippen LogP contribution in [0.4, 0.5) is 17.6 Å². The van der Waals surface area contributed by atoms with E-state index in [1.54, 1.807) is 13.8 Å². The maximum Gasteiger partial charge on any atom is 0.425 e. The lowest BCUT2D eigenvalue weighted by atomic mass is 9.93. The van der Waals surface area contributed by atoms with Gasteiger partial charge in [0, 0.05) is 19.2 Å². The lowest BCUT2D eigenvalue weighted by molar-refractivity contribution is -0.190.